The van der Waals surface area contributed by atoms with E-state index >= 15 is 0 Å². The van der Waals surface area contributed by atoms with Crippen LogP contribution in [0.3, 0.4) is 0 Å². The first kappa shape index (κ1) is 13.2. The molecule has 0 heterocycles. The standard InChI is InChI=1S/C9H19.Li/c1-3-5-7-9-8-6-4-2;/h7H,3-6,8-9H2,1-2H3;/q-1;+1. The summed E-state index contributed by atoms with van der Waals surface area (Å²) in [5, 5.41) is 0. The van der Waals surface area contributed by atoms with Crippen LogP contribution in [0.25, 0.3) is 0 Å². The second-order valence-electron chi connectivity index (χ2n) is 2.57. The third-order valence-corrected chi connectivity index (χ3v) is 1.50. The number of hydrogen-bond donors (Lipinski definition) is 0. The van der Waals surface area contributed by atoms with Crippen molar-refractivity contribution >= 4 is 0 Å². The molecule has 0 amide bonds. The van der Waals surface area contributed by atoms with Crippen LogP contribution in [-0.2, 0) is 0 Å². The van der Waals surface area contributed by atoms with Crippen LogP contribution in [0.1, 0.15) is 52.4 Å². The van der Waals surface area contributed by atoms with Crippen molar-refractivity contribution in [3.05, 3.63) is 6.42 Å². The first-order valence-electron chi connectivity index (χ1n) is 4.23. The van der Waals surface area contributed by atoms with Gasteiger partial charge in [-0.2, -0.15) is 12.8 Å². The van der Waals surface area contributed by atoms with Gasteiger partial charge in [0.15, 0.2) is 0 Å². The Labute approximate surface area is 78.0 Å². The molecule has 0 aliphatic heterocycles. The molecule has 0 aliphatic carbocycles. The van der Waals surface area contributed by atoms with Gasteiger partial charge in [-0.15, -0.1) is 0 Å². The summed E-state index contributed by atoms with van der Waals surface area (Å²) in [7, 11) is 0. The number of rotatable bonds is 6. The molecule has 0 aromatic rings. The summed E-state index contributed by atoms with van der Waals surface area (Å²) in [5.41, 5.74) is 0. The Hall–Kier alpha value is 0.597. The Morgan fingerprint density at radius 3 is 2.10 bits per heavy atom. The minimum Gasteiger partial charge on any atom is -0.328 e. The van der Waals surface area contributed by atoms with Crippen LogP contribution < -0.4 is 18.9 Å². The van der Waals surface area contributed by atoms with Crippen molar-refractivity contribution in [2.24, 2.45) is 0 Å². The molecule has 0 bridgehead atoms. The first-order valence-corrected chi connectivity index (χ1v) is 4.23. The zero-order valence-electron chi connectivity index (χ0n) is 7.82. The molecule has 0 saturated heterocycles. The molecular weight excluding hydrogens is 115 g/mol. The molecule has 0 N–H and O–H groups in total. The van der Waals surface area contributed by atoms with Crippen LogP contribution in [0.2, 0.25) is 0 Å². The smallest absolute Gasteiger partial charge is 0.328 e. The minimum atomic E-state index is 0. The van der Waals surface area contributed by atoms with Gasteiger partial charge in [-0.05, 0) is 0 Å². The molecule has 10 heavy (non-hydrogen) atoms. The Kier molecular flexibility index (Phi) is 16.2. The van der Waals surface area contributed by atoms with E-state index in [0.717, 1.165) is 0 Å². The van der Waals surface area contributed by atoms with E-state index in [-0.39, 0.29) is 18.9 Å². The van der Waals surface area contributed by atoms with Gasteiger partial charge in [-0.25, -0.2) is 0 Å². The fourth-order valence-electron chi connectivity index (χ4n) is 0.887. The SMILES string of the molecule is CCC[CH-]CCCCC.[Li+]. The van der Waals surface area contributed by atoms with Gasteiger partial charge < -0.3 is 6.42 Å². The Balaban J connectivity index is 0. The third kappa shape index (κ3) is 11.4. The van der Waals surface area contributed by atoms with Crippen molar-refractivity contribution in [3.8, 4) is 0 Å². The van der Waals surface area contributed by atoms with Crippen LogP contribution in [-0.4, -0.2) is 0 Å². The van der Waals surface area contributed by atoms with Crippen LogP contribution in [0.5, 0.6) is 0 Å². The van der Waals surface area contributed by atoms with Crippen molar-refractivity contribution < 1.29 is 18.9 Å². The quantitative estimate of drug-likeness (QED) is 0.283. The van der Waals surface area contributed by atoms with E-state index < -0.39 is 0 Å². The minimum absolute atomic E-state index is 0. The summed E-state index contributed by atoms with van der Waals surface area (Å²) in [6.45, 7) is 4.48. The molecule has 0 aromatic carbocycles. The maximum Gasteiger partial charge on any atom is 1.00 e. The molecular formula is C9H19Li. The molecule has 0 unspecified atom stereocenters. The van der Waals surface area contributed by atoms with Gasteiger partial charge >= 0.3 is 18.9 Å². The van der Waals surface area contributed by atoms with Crippen LogP contribution in [0, 0.1) is 6.42 Å². The number of unbranched alkanes of at least 4 members (excludes halogenated alkanes) is 6. The van der Waals surface area contributed by atoms with E-state index in [2.05, 4.69) is 20.3 Å². The number of hydrogen-bond acceptors (Lipinski definition) is 0. The molecule has 0 aliphatic rings. The average molecular weight is 134 g/mol. The van der Waals surface area contributed by atoms with Gasteiger partial charge in [0.05, 0.1) is 0 Å². The maximum absolute atomic E-state index is 2.41. The topological polar surface area (TPSA) is 0 Å². The molecule has 0 fully saturated rings. The van der Waals surface area contributed by atoms with Crippen molar-refractivity contribution in [2.75, 3.05) is 0 Å². The van der Waals surface area contributed by atoms with Gasteiger partial charge in [0.2, 0.25) is 0 Å². The second-order valence-corrected chi connectivity index (χ2v) is 2.57. The summed E-state index contributed by atoms with van der Waals surface area (Å²) >= 11 is 0. The van der Waals surface area contributed by atoms with Gasteiger partial charge in [0.25, 0.3) is 0 Å². The van der Waals surface area contributed by atoms with Crippen LogP contribution in [0.4, 0.5) is 0 Å². The van der Waals surface area contributed by atoms with Gasteiger partial charge in [0, 0.05) is 0 Å². The summed E-state index contributed by atoms with van der Waals surface area (Å²) in [6, 6.07) is 0. The van der Waals surface area contributed by atoms with Crippen LogP contribution in [0.15, 0.2) is 0 Å². The molecule has 0 atom stereocenters. The largest absolute Gasteiger partial charge is 1.00 e. The van der Waals surface area contributed by atoms with Gasteiger partial charge in [-0.3, -0.25) is 0 Å². The van der Waals surface area contributed by atoms with Crippen LogP contribution >= 0.6 is 0 Å². The molecule has 0 radical (unpaired) electrons. The average Bonchev–Trinajstić information content (AvgIpc) is 1.89. The molecule has 0 rings (SSSR count). The van der Waals surface area contributed by atoms with Crippen molar-refractivity contribution in [3.63, 3.8) is 0 Å². The van der Waals surface area contributed by atoms with Gasteiger partial charge in [0.1, 0.15) is 0 Å². The summed E-state index contributed by atoms with van der Waals surface area (Å²) < 4.78 is 0. The Morgan fingerprint density at radius 1 is 0.900 bits per heavy atom. The predicted molar refractivity (Wildman–Crippen MR) is 43.4 cm³/mol. The van der Waals surface area contributed by atoms with E-state index in [4.69, 9.17) is 0 Å². The van der Waals surface area contributed by atoms with E-state index in [0.29, 0.717) is 0 Å². The summed E-state index contributed by atoms with van der Waals surface area (Å²) in [4.78, 5) is 0. The molecule has 0 spiro atoms. The predicted octanol–water partition coefficient (Wildman–Crippen LogP) is 0.575. The van der Waals surface area contributed by atoms with Crippen molar-refractivity contribution in [1.82, 2.24) is 0 Å². The zero-order chi connectivity index (χ0) is 6.95. The zero-order valence-corrected chi connectivity index (χ0v) is 7.82. The van der Waals surface area contributed by atoms with E-state index in [1.807, 2.05) is 0 Å². The third-order valence-electron chi connectivity index (χ3n) is 1.50. The Bertz CT molecular complexity index is 38.0. The molecule has 0 aromatic heterocycles. The van der Waals surface area contributed by atoms with Crippen molar-refractivity contribution in [2.45, 2.75) is 52.4 Å². The van der Waals surface area contributed by atoms with E-state index in [9.17, 15) is 0 Å². The first-order chi connectivity index (χ1) is 4.41. The van der Waals surface area contributed by atoms with E-state index in [1.165, 1.54) is 38.5 Å². The summed E-state index contributed by atoms with van der Waals surface area (Å²) in [5.74, 6) is 0. The van der Waals surface area contributed by atoms with Gasteiger partial charge in [-0.1, -0.05) is 39.5 Å². The normalized spacial score (nSPS) is 9.00. The Morgan fingerprint density at radius 2 is 1.60 bits per heavy atom. The molecule has 1 heteroatoms. The fourth-order valence-corrected chi connectivity index (χ4v) is 0.887. The molecule has 0 nitrogen and oxygen atoms in total. The molecule has 56 valence electrons. The monoisotopic (exact) mass is 134 g/mol. The summed E-state index contributed by atoms with van der Waals surface area (Å²) in [6.07, 6.45) is 10.5. The fraction of sp³-hybridized carbons (Fsp3) is 0.889. The van der Waals surface area contributed by atoms with Crippen molar-refractivity contribution in [1.29, 1.82) is 0 Å². The molecule has 0 saturated carbocycles. The second kappa shape index (κ2) is 12.3. The van der Waals surface area contributed by atoms with E-state index in [1.54, 1.807) is 0 Å². The maximum atomic E-state index is 2.41.